The molecule has 0 radical (unpaired) electrons. The Bertz CT molecular complexity index is 146. The summed E-state index contributed by atoms with van der Waals surface area (Å²) < 4.78 is 0. The van der Waals surface area contributed by atoms with Crippen molar-refractivity contribution in [3.63, 3.8) is 0 Å². The van der Waals surface area contributed by atoms with Gasteiger partial charge in [0, 0.05) is 6.04 Å². The molecule has 0 spiro atoms. The van der Waals surface area contributed by atoms with Gasteiger partial charge in [-0.25, -0.2) is 0 Å². The van der Waals surface area contributed by atoms with E-state index in [0.717, 1.165) is 17.8 Å². The van der Waals surface area contributed by atoms with Crippen molar-refractivity contribution in [1.82, 2.24) is 5.43 Å². The van der Waals surface area contributed by atoms with E-state index in [1.54, 1.807) is 0 Å². The number of nitrogens with one attached hydrogen (secondary N) is 1. The maximum absolute atomic E-state index is 5.43. The number of hydrogen-bond donors (Lipinski definition) is 2. The summed E-state index contributed by atoms with van der Waals surface area (Å²) in [5, 5.41) is 0. The third kappa shape index (κ3) is 1.18. The zero-order valence-corrected chi connectivity index (χ0v) is 7.22. The standard InChI is InChI=1S/C9H18N2/c1-6(11-10)9-5-7-2-3-8(9)4-7/h6-9,11H,2-5,10H2,1H3/t6-,7+,8+,9+/m1/s1. The summed E-state index contributed by atoms with van der Waals surface area (Å²) >= 11 is 0. The molecule has 2 nitrogen and oxygen atoms in total. The summed E-state index contributed by atoms with van der Waals surface area (Å²) in [6.45, 7) is 2.21. The van der Waals surface area contributed by atoms with Gasteiger partial charge in [-0.15, -0.1) is 0 Å². The van der Waals surface area contributed by atoms with E-state index in [2.05, 4.69) is 12.3 Å². The number of nitrogens with two attached hydrogens (primary N) is 1. The molecule has 2 bridgehead atoms. The fourth-order valence-electron chi connectivity index (χ4n) is 3.03. The lowest BCUT2D eigenvalue weighted by Gasteiger charge is -2.26. The highest BCUT2D eigenvalue weighted by atomic mass is 15.2. The van der Waals surface area contributed by atoms with Crippen LogP contribution in [0.3, 0.4) is 0 Å². The van der Waals surface area contributed by atoms with Gasteiger partial charge >= 0.3 is 0 Å². The zero-order valence-electron chi connectivity index (χ0n) is 7.22. The maximum atomic E-state index is 5.43. The minimum atomic E-state index is 0.533. The van der Waals surface area contributed by atoms with Gasteiger partial charge in [0.05, 0.1) is 0 Å². The Balaban J connectivity index is 1.96. The van der Waals surface area contributed by atoms with Gasteiger partial charge < -0.3 is 0 Å². The molecular formula is C9H18N2. The molecule has 2 rings (SSSR count). The normalized spacial score (nSPS) is 44.7. The third-order valence-corrected chi connectivity index (χ3v) is 3.70. The first-order chi connectivity index (χ1) is 5.31. The van der Waals surface area contributed by atoms with E-state index in [1.807, 2.05) is 0 Å². The highest BCUT2D eigenvalue weighted by Crippen LogP contribution is 2.49. The highest BCUT2D eigenvalue weighted by molar-refractivity contribution is 4.93. The van der Waals surface area contributed by atoms with Crippen molar-refractivity contribution < 1.29 is 0 Å². The summed E-state index contributed by atoms with van der Waals surface area (Å²) in [6.07, 6.45) is 5.85. The largest absolute Gasteiger partial charge is 0.271 e. The van der Waals surface area contributed by atoms with Crippen molar-refractivity contribution in [2.45, 2.75) is 38.6 Å². The predicted molar refractivity (Wildman–Crippen MR) is 45.7 cm³/mol. The average Bonchev–Trinajstić information content (AvgIpc) is 2.62. The van der Waals surface area contributed by atoms with Gasteiger partial charge in [-0.2, -0.15) is 0 Å². The predicted octanol–water partition coefficient (Wildman–Crippen LogP) is 1.27. The van der Waals surface area contributed by atoms with E-state index in [9.17, 15) is 0 Å². The topological polar surface area (TPSA) is 38.0 Å². The van der Waals surface area contributed by atoms with Crippen molar-refractivity contribution in [3.05, 3.63) is 0 Å². The van der Waals surface area contributed by atoms with E-state index >= 15 is 0 Å². The van der Waals surface area contributed by atoms with Crippen molar-refractivity contribution in [3.8, 4) is 0 Å². The van der Waals surface area contributed by atoms with Gasteiger partial charge in [-0.1, -0.05) is 6.42 Å². The number of fused-ring (bicyclic) bond motifs is 2. The van der Waals surface area contributed by atoms with Crippen LogP contribution in [0.1, 0.15) is 32.6 Å². The molecular weight excluding hydrogens is 136 g/mol. The van der Waals surface area contributed by atoms with Gasteiger partial charge in [0.15, 0.2) is 0 Å². The number of hydrogen-bond acceptors (Lipinski definition) is 2. The van der Waals surface area contributed by atoms with Crippen molar-refractivity contribution >= 4 is 0 Å². The van der Waals surface area contributed by atoms with Crippen LogP contribution >= 0.6 is 0 Å². The molecule has 0 amide bonds. The lowest BCUT2D eigenvalue weighted by atomic mass is 9.84. The lowest BCUT2D eigenvalue weighted by Crippen LogP contribution is -2.40. The van der Waals surface area contributed by atoms with Gasteiger partial charge in [0.2, 0.25) is 0 Å². The second-order valence-corrected chi connectivity index (χ2v) is 4.29. The molecule has 64 valence electrons. The molecule has 0 aliphatic heterocycles. The minimum absolute atomic E-state index is 0.533. The molecule has 0 unspecified atom stereocenters. The van der Waals surface area contributed by atoms with Gasteiger partial charge in [-0.3, -0.25) is 11.3 Å². The molecule has 2 saturated carbocycles. The minimum Gasteiger partial charge on any atom is -0.271 e. The van der Waals surface area contributed by atoms with E-state index in [1.165, 1.54) is 25.7 Å². The first-order valence-corrected chi connectivity index (χ1v) is 4.77. The van der Waals surface area contributed by atoms with Crippen molar-refractivity contribution in [2.24, 2.45) is 23.6 Å². The number of hydrazine groups is 1. The van der Waals surface area contributed by atoms with Gasteiger partial charge in [-0.05, 0) is 43.9 Å². The summed E-state index contributed by atoms with van der Waals surface area (Å²) in [4.78, 5) is 0. The van der Waals surface area contributed by atoms with E-state index < -0.39 is 0 Å². The van der Waals surface area contributed by atoms with Crippen LogP contribution in [0.4, 0.5) is 0 Å². The molecule has 3 N–H and O–H groups in total. The first kappa shape index (κ1) is 7.56. The van der Waals surface area contributed by atoms with Crippen LogP contribution in [0.25, 0.3) is 0 Å². The Labute approximate surface area is 68.5 Å². The van der Waals surface area contributed by atoms with E-state index in [-0.39, 0.29) is 0 Å². The summed E-state index contributed by atoms with van der Waals surface area (Å²) in [5.74, 6) is 8.34. The average molecular weight is 154 g/mol. The Hall–Kier alpha value is -0.0800. The van der Waals surface area contributed by atoms with Crippen molar-refractivity contribution in [2.75, 3.05) is 0 Å². The monoisotopic (exact) mass is 154 g/mol. The van der Waals surface area contributed by atoms with E-state index in [0.29, 0.717) is 6.04 Å². The molecule has 0 aromatic rings. The molecule has 2 fully saturated rings. The van der Waals surface area contributed by atoms with E-state index in [4.69, 9.17) is 5.84 Å². The quantitative estimate of drug-likeness (QED) is 0.464. The smallest absolute Gasteiger partial charge is 0.0213 e. The van der Waals surface area contributed by atoms with Crippen LogP contribution in [0.15, 0.2) is 0 Å². The SMILES string of the molecule is C[C@@H](NN)[C@@H]1C[C@H]2CC[C@H]1C2. The first-order valence-electron chi connectivity index (χ1n) is 4.77. The fourth-order valence-corrected chi connectivity index (χ4v) is 3.03. The molecule has 2 aliphatic rings. The Kier molecular flexibility index (Phi) is 1.90. The Morgan fingerprint density at radius 2 is 2.18 bits per heavy atom. The second-order valence-electron chi connectivity index (χ2n) is 4.29. The molecule has 2 aliphatic carbocycles. The summed E-state index contributed by atoms with van der Waals surface area (Å²) in [5.41, 5.74) is 2.89. The Morgan fingerprint density at radius 1 is 1.36 bits per heavy atom. The molecule has 11 heavy (non-hydrogen) atoms. The van der Waals surface area contributed by atoms with Crippen molar-refractivity contribution in [1.29, 1.82) is 0 Å². The lowest BCUT2D eigenvalue weighted by molar-refractivity contribution is 0.262. The Morgan fingerprint density at radius 3 is 2.64 bits per heavy atom. The van der Waals surface area contributed by atoms with Crippen LogP contribution < -0.4 is 11.3 Å². The van der Waals surface area contributed by atoms with Crippen LogP contribution in [-0.4, -0.2) is 6.04 Å². The van der Waals surface area contributed by atoms with Crippen LogP contribution in [0, 0.1) is 17.8 Å². The van der Waals surface area contributed by atoms with Gasteiger partial charge in [0.25, 0.3) is 0 Å². The molecule has 0 heterocycles. The van der Waals surface area contributed by atoms with Crippen LogP contribution in [0.5, 0.6) is 0 Å². The van der Waals surface area contributed by atoms with Gasteiger partial charge in [0.1, 0.15) is 0 Å². The third-order valence-electron chi connectivity index (χ3n) is 3.70. The molecule has 0 aromatic carbocycles. The summed E-state index contributed by atoms with van der Waals surface area (Å²) in [7, 11) is 0. The molecule has 2 heteroatoms. The highest BCUT2D eigenvalue weighted by Gasteiger charge is 2.41. The molecule has 0 saturated heterocycles. The molecule has 4 atom stereocenters. The maximum Gasteiger partial charge on any atom is 0.0213 e. The zero-order chi connectivity index (χ0) is 7.84. The molecule has 0 aromatic heterocycles. The van der Waals surface area contributed by atoms with Crippen LogP contribution in [-0.2, 0) is 0 Å². The van der Waals surface area contributed by atoms with Crippen LogP contribution in [0.2, 0.25) is 0 Å². The number of rotatable bonds is 2. The fraction of sp³-hybridized carbons (Fsp3) is 1.00. The summed E-state index contributed by atoms with van der Waals surface area (Å²) in [6, 6.07) is 0.533. The second kappa shape index (κ2) is 2.76.